The minimum absolute atomic E-state index is 0.0227. The molecule has 1 fully saturated rings. The summed E-state index contributed by atoms with van der Waals surface area (Å²) < 4.78 is 0. The van der Waals surface area contributed by atoms with Gasteiger partial charge in [-0.15, -0.1) is 0 Å². The van der Waals surface area contributed by atoms with E-state index < -0.39 is 41.4 Å². The Hall–Kier alpha value is -2.55. The van der Waals surface area contributed by atoms with Crippen LogP contribution in [0.3, 0.4) is 0 Å². The van der Waals surface area contributed by atoms with Crippen LogP contribution in [0.4, 0.5) is 0 Å². The van der Waals surface area contributed by atoms with Gasteiger partial charge in [0, 0.05) is 13.5 Å². The van der Waals surface area contributed by atoms with E-state index in [0.717, 1.165) is 0 Å². The summed E-state index contributed by atoms with van der Waals surface area (Å²) in [5.74, 6) is -1.85. The number of unbranched alkanes of at least 4 members (excludes halogenated alkanes) is 1. The van der Waals surface area contributed by atoms with Gasteiger partial charge in [0.1, 0.15) is 6.04 Å². The average molecular weight is 466 g/mol. The molecule has 1 saturated heterocycles. The van der Waals surface area contributed by atoms with Crippen molar-refractivity contribution in [3.8, 4) is 6.07 Å². The molecule has 1 aliphatic heterocycles. The number of ketones is 1. The first-order valence-corrected chi connectivity index (χ1v) is 11.5. The molecule has 0 aliphatic carbocycles. The van der Waals surface area contributed by atoms with E-state index >= 15 is 0 Å². The number of Topliss-reactive ketones (excluding diaryl/α,β-unsaturated/α-hetero) is 1. The van der Waals surface area contributed by atoms with Crippen molar-refractivity contribution in [2.24, 2.45) is 23.1 Å². The topological polar surface area (TPSA) is 197 Å². The van der Waals surface area contributed by atoms with Gasteiger partial charge in [0.2, 0.25) is 17.7 Å². The lowest BCUT2D eigenvalue weighted by atomic mass is 9.84. The van der Waals surface area contributed by atoms with E-state index in [9.17, 15) is 24.4 Å². The van der Waals surface area contributed by atoms with E-state index in [1.807, 2.05) is 13.8 Å². The number of carbonyl (C=O) groups excluding carboxylic acids is 4. The molecule has 186 valence electrons. The van der Waals surface area contributed by atoms with Crippen molar-refractivity contribution in [3.63, 3.8) is 0 Å². The van der Waals surface area contributed by atoms with Gasteiger partial charge in [-0.3, -0.25) is 19.2 Å². The van der Waals surface area contributed by atoms with E-state index in [0.29, 0.717) is 32.2 Å². The third kappa shape index (κ3) is 8.07. The van der Waals surface area contributed by atoms with Crippen LogP contribution < -0.4 is 27.8 Å². The minimum atomic E-state index is -1.69. The van der Waals surface area contributed by atoms with E-state index in [2.05, 4.69) is 16.7 Å². The summed E-state index contributed by atoms with van der Waals surface area (Å²) in [4.78, 5) is 52.3. The van der Waals surface area contributed by atoms with Gasteiger partial charge >= 0.3 is 0 Å². The molecule has 3 amide bonds. The SMILES string of the molecule is CC(=O)N[C@@H](CCCCN)C(=O)N[C@@H](CC(C)C)C(=O)C1(C#N)CCCN1C(=O)CC(N)N. The fraction of sp³-hybridized carbons (Fsp3) is 0.773. The van der Waals surface area contributed by atoms with Gasteiger partial charge < -0.3 is 32.7 Å². The normalized spacial score (nSPS) is 19.8. The van der Waals surface area contributed by atoms with Gasteiger partial charge in [-0.2, -0.15) is 5.26 Å². The zero-order valence-corrected chi connectivity index (χ0v) is 19.9. The maximum absolute atomic E-state index is 13.7. The van der Waals surface area contributed by atoms with Crippen LogP contribution in [0.5, 0.6) is 0 Å². The highest BCUT2D eigenvalue weighted by Gasteiger charge is 2.52. The summed E-state index contributed by atoms with van der Waals surface area (Å²) in [5, 5.41) is 15.4. The molecule has 1 heterocycles. The van der Waals surface area contributed by atoms with E-state index in [4.69, 9.17) is 17.2 Å². The lowest BCUT2D eigenvalue weighted by Gasteiger charge is -2.35. The van der Waals surface area contributed by atoms with E-state index in [1.165, 1.54) is 11.8 Å². The first-order chi connectivity index (χ1) is 15.5. The molecule has 33 heavy (non-hydrogen) atoms. The highest BCUT2D eigenvalue weighted by atomic mass is 16.2. The van der Waals surface area contributed by atoms with Crippen LogP contribution in [0.2, 0.25) is 0 Å². The molecule has 0 radical (unpaired) electrons. The Morgan fingerprint density at radius 3 is 2.30 bits per heavy atom. The van der Waals surface area contributed by atoms with Crippen LogP contribution in [0, 0.1) is 17.2 Å². The molecule has 11 heteroatoms. The second-order valence-electron chi connectivity index (χ2n) is 9.08. The van der Waals surface area contributed by atoms with Crippen molar-refractivity contribution >= 4 is 23.5 Å². The van der Waals surface area contributed by atoms with Crippen LogP contribution in [-0.4, -0.2) is 65.3 Å². The number of rotatable bonds is 13. The Morgan fingerprint density at radius 1 is 1.12 bits per heavy atom. The maximum Gasteiger partial charge on any atom is 0.243 e. The molecule has 0 aromatic rings. The summed E-state index contributed by atoms with van der Waals surface area (Å²) in [6.07, 6.45) is 1.52. The number of nitrogens with zero attached hydrogens (tertiary/aromatic N) is 2. The quantitative estimate of drug-likeness (QED) is 0.173. The van der Waals surface area contributed by atoms with Crippen LogP contribution in [0.1, 0.15) is 65.7 Å². The van der Waals surface area contributed by atoms with Crippen molar-refractivity contribution in [2.45, 2.75) is 89.5 Å². The largest absolute Gasteiger partial charge is 0.345 e. The summed E-state index contributed by atoms with van der Waals surface area (Å²) in [6.45, 7) is 5.80. The number of hydrogen-bond acceptors (Lipinski definition) is 8. The number of likely N-dealkylation sites (tertiary alicyclic amines) is 1. The third-order valence-electron chi connectivity index (χ3n) is 5.67. The molecule has 0 aromatic carbocycles. The number of nitrogens with one attached hydrogen (secondary N) is 2. The molecule has 3 atom stereocenters. The second-order valence-corrected chi connectivity index (χ2v) is 9.08. The lowest BCUT2D eigenvalue weighted by molar-refractivity contribution is -0.143. The Labute approximate surface area is 195 Å². The number of nitriles is 1. The first kappa shape index (κ1) is 28.5. The minimum Gasteiger partial charge on any atom is -0.345 e. The molecule has 0 spiro atoms. The zero-order valence-electron chi connectivity index (χ0n) is 19.9. The van der Waals surface area contributed by atoms with E-state index in [-0.39, 0.29) is 37.6 Å². The summed E-state index contributed by atoms with van der Waals surface area (Å²) in [6, 6.07) is 0.226. The summed E-state index contributed by atoms with van der Waals surface area (Å²) >= 11 is 0. The summed E-state index contributed by atoms with van der Waals surface area (Å²) in [5.41, 5.74) is 14.9. The molecule has 1 unspecified atom stereocenters. The molecule has 0 bridgehead atoms. The van der Waals surface area contributed by atoms with Gasteiger partial charge in [-0.05, 0) is 51.0 Å². The van der Waals surface area contributed by atoms with Gasteiger partial charge in [0.15, 0.2) is 11.3 Å². The monoisotopic (exact) mass is 465 g/mol. The first-order valence-electron chi connectivity index (χ1n) is 11.5. The standard InChI is InChI=1S/C22H39N7O4/c1-14(2)11-17(28-21(33)16(27-15(3)30)7-4-5-9-23)20(32)22(13-24)8-6-10-29(22)19(31)12-18(25)26/h14,16-18H,4-12,23,25-26H2,1-3H3,(H,27,30)(H,28,33)/t16-,17-,22?/m0/s1. The third-order valence-corrected chi connectivity index (χ3v) is 5.67. The van der Waals surface area contributed by atoms with Crippen LogP contribution in [0.15, 0.2) is 0 Å². The molecule has 1 rings (SSSR count). The Morgan fingerprint density at radius 2 is 1.79 bits per heavy atom. The van der Waals surface area contributed by atoms with Crippen molar-refractivity contribution < 1.29 is 19.2 Å². The Balaban J connectivity index is 3.17. The molecule has 1 aliphatic rings. The predicted molar refractivity (Wildman–Crippen MR) is 123 cm³/mol. The van der Waals surface area contributed by atoms with Crippen molar-refractivity contribution in [2.75, 3.05) is 13.1 Å². The smallest absolute Gasteiger partial charge is 0.243 e. The van der Waals surface area contributed by atoms with Crippen molar-refractivity contribution in [1.82, 2.24) is 15.5 Å². The van der Waals surface area contributed by atoms with Crippen molar-refractivity contribution in [3.05, 3.63) is 0 Å². The highest BCUT2D eigenvalue weighted by molar-refractivity contribution is 6.02. The van der Waals surface area contributed by atoms with Crippen molar-refractivity contribution in [1.29, 1.82) is 5.26 Å². The molecule has 8 N–H and O–H groups in total. The van der Waals surface area contributed by atoms with Crippen LogP contribution >= 0.6 is 0 Å². The second kappa shape index (κ2) is 13.2. The molecular formula is C22H39N7O4. The molecule has 0 saturated carbocycles. The van der Waals surface area contributed by atoms with Gasteiger partial charge in [0.25, 0.3) is 0 Å². The fourth-order valence-corrected chi connectivity index (χ4v) is 4.17. The molecule has 11 nitrogen and oxygen atoms in total. The average Bonchev–Trinajstić information content (AvgIpc) is 3.16. The van der Waals surface area contributed by atoms with Crippen LogP contribution in [0.25, 0.3) is 0 Å². The van der Waals surface area contributed by atoms with E-state index in [1.54, 1.807) is 0 Å². The highest BCUT2D eigenvalue weighted by Crippen LogP contribution is 2.32. The molecule has 0 aromatic heterocycles. The number of hydrogen-bond donors (Lipinski definition) is 5. The van der Waals surface area contributed by atoms with Gasteiger partial charge in [-0.25, -0.2) is 0 Å². The predicted octanol–water partition coefficient (Wildman–Crippen LogP) is -0.762. The van der Waals surface area contributed by atoms with Crippen LogP contribution in [-0.2, 0) is 19.2 Å². The Kier molecular flexibility index (Phi) is 11.4. The molecular weight excluding hydrogens is 426 g/mol. The number of carbonyl (C=O) groups is 4. The maximum atomic E-state index is 13.7. The van der Waals surface area contributed by atoms with Gasteiger partial charge in [0.05, 0.1) is 24.7 Å². The number of nitrogens with two attached hydrogens (primary N) is 3. The summed E-state index contributed by atoms with van der Waals surface area (Å²) in [7, 11) is 0. The number of amides is 3. The Bertz CT molecular complexity index is 750. The fourth-order valence-electron chi connectivity index (χ4n) is 4.17. The van der Waals surface area contributed by atoms with Gasteiger partial charge in [-0.1, -0.05) is 13.8 Å². The zero-order chi connectivity index (χ0) is 25.2. The lowest BCUT2D eigenvalue weighted by Crippen LogP contribution is -2.61.